The van der Waals surface area contributed by atoms with Crippen LogP contribution in [0.2, 0.25) is 0 Å². The van der Waals surface area contributed by atoms with Crippen LogP contribution in [0.25, 0.3) is 0 Å². The number of halogens is 3. The zero-order valence-electron chi connectivity index (χ0n) is 6.64. The summed E-state index contributed by atoms with van der Waals surface area (Å²) in [4.78, 5) is 11.1. The number of alkyl halides is 3. The molecule has 0 radical (unpaired) electrons. The summed E-state index contributed by atoms with van der Waals surface area (Å²) in [5.74, 6) is -0.652. The topological polar surface area (TPSA) is 17.1 Å². The Balaban J connectivity index is 2.71. The highest BCUT2D eigenvalue weighted by molar-refractivity contribution is 6.23. The van der Waals surface area contributed by atoms with E-state index < -0.39 is 17.6 Å². The van der Waals surface area contributed by atoms with Crippen LogP contribution in [-0.2, 0) is 0 Å². The third kappa shape index (κ3) is 3.51. The molecule has 0 aliphatic heterocycles. The highest BCUT2D eigenvalue weighted by atomic mass is 35.5. The quantitative estimate of drug-likeness (QED) is 0.546. The highest BCUT2D eigenvalue weighted by Gasteiger charge is 2.28. The molecular formula is C9H7ClF2O. The van der Waals surface area contributed by atoms with Gasteiger partial charge in [-0.15, -0.1) is 0 Å². The van der Waals surface area contributed by atoms with Gasteiger partial charge in [0.2, 0.25) is 0 Å². The minimum atomic E-state index is -3.45. The molecule has 0 N–H and O–H groups in total. The largest absolute Gasteiger partial charge is 0.328 e. The fourth-order valence-electron chi connectivity index (χ4n) is 0.908. The molecule has 0 saturated heterocycles. The number of carbonyl (C=O) groups excluding carboxylic acids is 1. The third-order valence-electron chi connectivity index (χ3n) is 1.46. The number of carbonyl (C=O) groups is 1. The van der Waals surface area contributed by atoms with Crippen molar-refractivity contribution in [3.63, 3.8) is 0 Å². The van der Waals surface area contributed by atoms with E-state index in [9.17, 15) is 13.6 Å². The number of Topliss-reactive ketones (excluding diaryl/α,β-unsaturated/α-hetero) is 1. The standard InChI is InChI=1S/C9H7ClF2O/c10-9(11,12)6-8(13)7-4-2-1-3-5-7/h1-5H,6H2. The van der Waals surface area contributed by atoms with E-state index >= 15 is 0 Å². The molecule has 4 heteroatoms. The first kappa shape index (κ1) is 10.1. The fraction of sp³-hybridized carbons (Fsp3) is 0.222. The minimum absolute atomic E-state index is 0.253. The number of ketones is 1. The molecule has 0 bridgehead atoms. The maximum atomic E-state index is 12.2. The van der Waals surface area contributed by atoms with Crippen LogP contribution in [0.15, 0.2) is 30.3 Å². The molecule has 1 aromatic carbocycles. The lowest BCUT2D eigenvalue weighted by molar-refractivity contribution is 0.0663. The van der Waals surface area contributed by atoms with E-state index in [2.05, 4.69) is 11.6 Å². The Hall–Kier alpha value is -0.960. The lowest BCUT2D eigenvalue weighted by Gasteiger charge is -2.05. The Bertz CT molecular complexity index is 292. The summed E-state index contributed by atoms with van der Waals surface area (Å²) < 4.78 is 24.4. The Morgan fingerprint density at radius 2 is 1.85 bits per heavy atom. The van der Waals surface area contributed by atoms with Crippen molar-refractivity contribution in [3.05, 3.63) is 35.9 Å². The van der Waals surface area contributed by atoms with E-state index in [4.69, 9.17) is 0 Å². The molecule has 0 aliphatic rings. The van der Waals surface area contributed by atoms with Gasteiger partial charge < -0.3 is 0 Å². The summed E-state index contributed by atoms with van der Waals surface area (Å²) in [5, 5.41) is -3.45. The van der Waals surface area contributed by atoms with Gasteiger partial charge >= 0.3 is 5.38 Å². The van der Waals surface area contributed by atoms with Crippen molar-refractivity contribution < 1.29 is 13.6 Å². The highest BCUT2D eigenvalue weighted by Crippen LogP contribution is 2.24. The second-order valence-electron chi connectivity index (χ2n) is 2.58. The molecule has 0 fully saturated rings. The normalized spacial score (nSPS) is 11.3. The average molecular weight is 205 g/mol. The molecule has 0 spiro atoms. The summed E-state index contributed by atoms with van der Waals surface area (Å²) in [6.45, 7) is 0. The first-order valence-corrected chi connectivity index (χ1v) is 4.02. The molecule has 70 valence electrons. The number of hydrogen-bond donors (Lipinski definition) is 0. The second-order valence-corrected chi connectivity index (χ2v) is 3.13. The van der Waals surface area contributed by atoms with Crippen LogP contribution in [0.1, 0.15) is 16.8 Å². The van der Waals surface area contributed by atoms with Crippen molar-refractivity contribution in [1.82, 2.24) is 0 Å². The van der Waals surface area contributed by atoms with Crippen LogP contribution < -0.4 is 0 Å². The molecule has 0 aromatic heterocycles. The number of rotatable bonds is 3. The third-order valence-corrected chi connectivity index (χ3v) is 1.59. The van der Waals surface area contributed by atoms with Crippen molar-refractivity contribution in [3.8, 4) is 0 Å². The number of hydrogen-bond acceptors (Lipinski definition) is 1. The van der Waals surface area contributed by atoms with E-state index in [-0.39, 0.29) is 5.56 Å². The number of benzene rings is 1. The van der Waals surface area contributed by atoms with Crippen molar-refractivity contribution >= 4 is 17.4 Å². The molecule has 0 unspecified atom stereocenters. The van der Waals surface area contributed by atoms with E-state index in [1.165, 1.54) is 12.1 Å². The van der Waals surface area contributed by atoms with Crippen molar-refractivity contribution in [2.45, 2.75) is 11.8 Å². The molecular weight excluding hydrogens is 198 g/mol. The summed E-state index contributed by atoms with van der Waals surface area (Å²) >= 11 is 4.62. The predicted molar refractivity (Wildman–Crippen MR) is 46.2 cm³/mol. The molecule has 1 nitrogen and oxygen atoms in total. The lowest BCUT2D eigenvalue weighted by atomic mass is 10.1. The fourth-order valence-corrected chi connectivity index (χ4v) is 1.03. The van der Waals surface area contributed by atoms with Gasteiger partial charge in [0, 0.05) is 5.56 Å². The monoisotopic (exact) mass is 204 g/mol. The zero-order valence-corrected chi connectivity index (χ0v) is 7.39. The predicted octanol–water partition coefficient (Wildman–Crippen LogP) is 3.09. The van der Waals surface area contributed by atoms with E-state index in [0.717, 1.165) is 0 Å². The van der Waals surface area contributed by atoms with Crippen molar-refractivity contribution in [2.75, 3.05) is 0 Å². The smallest absolute Gasteiger partial charge is 0.294 e. The van der Waals surface area contributed by atoms with Gasteiger partial charge in [0.05, 0.1) is 6.42 Å². The van der Waals surface area contributed by atoms with Crippen LogP contribution in [0.3, 0.4) is 0 Å². The second kappa shape index (κ2) is 3.83. The zero-order chi connectivity index (χ0) is 9.90. The minimum Gasteiger partial charge on any atom is -0.294 e. The summed E-state index contributed by atoms with van der Waals surface area (Å²) in [7, 11) is 0. The van der Waals surface area contributed by atoms with Gasteiger partial charge in [0.15, 0.2) is 5.78 Å². The van der Waals surface area contributed by atoms with Crippen LogP contribution in [0.5, 0.6) is 0 Å². The molecule has 1 rings (SSSR count). The summed E-state index contributed by atoms with van der Waals surface area (Å²) in [6, 6.07) is 7.88. The van der Waals surface area contributed by atoms with Gasteiger partial charge in [0.25, 0.3) is 0 Å². The maximum Gasteiger partial charge on any atom is 0.328 e. The van der Waals surface area contributed by atoms with Crippen LogP contribution in [-0.4, -0.2) is 11.2 Å². The Morgan fingerprint density at radius 3 is 2.31 bits per heavy atom. The van der Waals surface area contributed by atoms with Gasteiger partial charge in [0.1, 0.15) is 0 Å². The van der Waals surface area contributed by atoms with E-state index in [1.54, 1.807) is 18.2 Å². The SMILES string of the molecule is O=C(CC(F)(F)Cl)c1ccccc1. The Labute approximate surface area is 79.3 Å². The lowest BCUT2D eigenvalue weighted by Crippen LogP contribution is -2.13. The molecule has 1 aromatic rings. The molecule has 0 aliphatic carbocycles. The van der Waals surface area contributed by atoms with Gasteiger partial charge in [-0.25, -0.2) is 0 Å². The molecule has 0 atom stereocenters. The van der Waals surface area contributed by atoms with Gasteiger partial charge in [-0.3, -0.25) is 4.79 Å². The Kier molecular flexibility index (Phi) is 2.98. The van der Waals surface area contributed by atoms with Crippen molar-refractivity contribution in [1.29, 1.82) is 0 Å². The van der Waals surface area contributed by atoms with Gasteiger partial charge in [-0.1, -0.05) is 30.3 Å². The Morgan fingerprint density at radius 1 is 1.31 bits per heavy atom. The molecule has 0 amide bonds. The molecule has 0 heterocycles. The first-order valence-electron chi connectivity index (χ1n) is 3.64. The maximum absolute atomic E-state index is 12.2. The first-order chi connectivity index (χ1) is 5.99. The van der Waals surface area contributed by atoms with Gasteiger partial charge in [-0.05, 0) is 11.6 Å². The molecule has 0 saturated carbocycles. The summed E-state index contributed by atoms with van der Waals surface area (Å²) in [5.41, 5.74) is 0.253. The average Bonchev–Trinajstić information content (AvgIpc) is 2.03. The van der Waals surface area contributed by atoms with Gasteiger partial charge in [-0.2, -0.15) is 8.78 Å². The van der Waals surface area contributed by atoms with E-state index in [1.807, 2.05) is 0 Å². The van der Waals surface area contributed by atoms with E-state index in [0.29, 0.717) is 0 Å². The molecule has 13 heavy (non-hydrogen) atoms. The van der Waals surface area contributed by atoms with Crippen molar-refractivity contribution in [2.24, 2.45) is 0 Å². The van der Waals surface area contributed by atoms with Crippen LogP contribution in [0, 0.1) is 0 Å². The van der Waals surface area contributed by atoms with Crippen LogP contribution in [0.4, 0.5) is 8.78 Å². The van der Waals surface area contributed by atoms with Crippen LogP contribution >= 0.6 is 11.6 Å². The summed E-state index contributed by atoms with van der Waals surface area (Å²) in [6.07, 6.45) is -0.960.